The molecule has 1 aliphatic rings. The van der Waals surface area contributed by atoms with E-state index in [1.807, 2.05) is 18.2 Å². The molecule has 1 aromatic heterocycles. The molecule has 0 radical (unpaired) electrons. The molecule has 33 heavy (non-hydrogen) atoms. The van der Waals surface area contributed by atoms with Crippen molar-refractivity contribution < 1.29 is 27.8 Å². The number of thiazole rings is 1. The van der Waals surface area contributed by atoms with Crippen molar-refractivity contribution in [3.05, 3.63) is 69.5 Å². The Balaban J connectivity index is 1.36. The van der Waals surface area contributed by atoms with E-state index in [0.29, 0.717) is 37.5 Å². The van der Waals surface area contributed by atoms with E-state index in [1.54, 1.807) is 11.4 Å². The number of aromatic nitrogens is 1. The van der Waals surface area contributed by atoms with Crippen LogP contribution in [0.5, 0.6) is 5.75 Å². The maximum Gasteiger partial charge on any atom is 0.417 e. The van der Waals surface area contributed by atoms with Gasteiger partial charge in [-0.05, 0) is 54.9 Å². The summed E-state index contributed by atoms with van der Waals surface area (Å²) in [7, 11) is 0. The van der Waals surface area contributed by atoms with E-state index in [9.17, 15) is 18.0 Å². The van der Waals surface area contributed by atoms with E-state index in [-0.39, 0.29) is 12.0 Å². The van der Waals surface area contributed by atoms with Gasteiger partial charge in [0.25, 0.3) is 0 Å². The molecule has 0 unspecified atom stereocenters. The summed E-state index contributed by atoms with van der Waals surface area (Å²) in [5, 5.41) is 11.3. The maximum atomic E-state index is 13.3. The Bertz CT molecular complexity index is 1120. The molecule has 1 fully saturated rings. The first-order valence-electron chi connectivity index (χ1n) is 10.9. The first-order chi connectivity index (χ1) is 15.8. The molecule has 0 bridgehead atoms. The zero-order valence-electron chi connectivity index (χ0n) is 17.9. The first-order valence-corrected chi connectivity index (χ1v) is 11.8. The van der Waals surface area contributed by atoms with Gasteiger partial charge >= 0.3 is 12.1 Å². The fourth-order valence-corrected chi connectivity index (χ4v) is 4.59. The molecule has 0 spiro atoms. The van der Waals surface area contributed by atoms with Crippen LogP contribution in [0.4, 0.5) is 13.2 Å². The van der Waals surface area contributed by atoms with Gasteiger partial charge < -0.3 is 9.84 Å². The number of carboxylic acids is 1. The summed E-state index contributed by atoms with van der Waals surface area (Å²) in [5.41, 5.74) is 1.85. The minimum atomic E-state index is -4.42. The number of carboxylic acid groups (broad SMARTS) is 1. The van der Waals surface area contributed by atoms with E-state index in [1.165, 1.54) is 23.5 Å². The third-order valence-electron chi connectivity index (χ3n) is 5.58. The van der Waals surface area contributed by atoms with E-state index in [0.717, 1.165) is 40.8 Å². The van der Waals surface area contributed by atoms with Crippen molar-refractivity contribution in [3.8, 4) is 17.0 Å². The molecule has 0 atom stereocenters. The van der Waals surface area contributed by atoms with Crippen molar-refractivity contribution in [2.24, 2.45) is 0 Å². The Kier molecular flexibility index (Phi) is 7.02. The van der Waals surface area contributed by atoms with Gasteiger partial charge in [0.05, 0.1) is 22.9 Å². The number of aryl methyl sites for hydroxylation is 2. The lowest BCUT2D eigenvalue weighted by atomic mass is 10.0. The average molecular weight is 476 g/mol. The van der Waals surface area contributed by atoms with Crippen molar-refractivity contribution in [1.82, 2.24) is 4.98 Å². The Morgan fingerprint density at radius 2 is 1.94 bits per heavy atom. The molecule has 0 aliphatic heterocycles. The largest absolute Gasteiger partial charge is 0.493 e. The number of nitrogens with zero attached hydrogens (tertiary/aromatic N) is 1. The molecule has 0 saturated heterocycles. The van der Waals surface area contributed by atoms with Crippen LogP contribution in [0, 0.1) is 0 Å². The number of ether oxygens (including phenoxy) is 1. The number of carbonyl (C=O) groups is 1. The number of aliphatic carboxylic acids is 1. The van der Waals surface area contributed by atoms with Crippen molar-refractivity contribution in [2.75, 3.05) is 6.61 Å². The Labute approximate surface area is 194 Å². The molecule has 4 rings (SSSR count). The van der Waals surface area contributed by atoms with Crippen LogP contribution in [0.2, 0.25) is 0 Å². The highest BCUT2D eigenvalue weighted by molar-refractivity contribution is 7.09. The second-order valence-corrected chi connectivity index (χ2v) is 9.10. The van der Waals surface area contributed by atoms with E-state index >= 15 is 0 Å². The number of hydrogen-bond donors (Lipinski definition) is 1. The fraction of sp³-hybridized carbons (Fsp3) is 0.360. The highest BCUT2D eigenvalue weighted by Gasteiger charge is 2.33. The van der Waals surface area contributed by atoms with E-state index < -0.39 is 17.7 Å². The lowest BCUT2D eigenvalue weighted by Gasteiger charge is -2.13. The molecular formula is C25H24F3NO3S. The molecule has 174 valence electrons. The standard InChI is InChI=1S/C25H24F3NO3S/c26-25(27,28)20-5-2-1-4-19(20)21-15-33-23(29-21)6-3-13-32-22-14-16(8-12-24(30)31)7-11-18(22)17-9-10-17/h1-2,4-5,7,11,14-15,17H,3,6,8-10,12-13H2,(H,30,31). The minimum Gasteiger partial charge on any atom is -0.493 e. The Hall–Kier alpha value is -2.87. The molecule has 3 aromatic rings. The van der Waals surface area contributed by atoms with Crippen molar-refractivity contribution in [3.63, 3.8) is 0 Å². The van der Waals surface area contributed by atoms with Crippen LogP contribution in [0.15, 0.2) is 47.8 Å². The van der Waals surface area contributed by atoms with Crippen LogP contribution in [0.25, 0.3) is 11.3 Å². The molecule has 0 amide bonds. The molecule has 2 aromatic carbocycles. The third kappa shape index (κ3) is 6.13. The highest BCUT2D eigenvalue weighted by Crippen LogP contribution is 2.44. The average Bonchev–Trinajstić information content (AvgIpc) is 3.52. The summed E-state index contributed by atoms with van der Waals surface area (Å²) < 4.78 is 45.9. The maximum absolute atomic E-state index is 13.3. The third-order valence-corrected chi connectivity index (χ3v) is 6.48. The van der Waals surface area contributed by atoms with Crippen molar-refractivity contribution in [1.29, 1.82) is 0 Å². The Morgan fingerprint density at radius 1 is 1.15 bits per heavy atom. The van der Waals surface area contributed by atoms with Crippen molar-refractivity contribution in [2.45, 2.75) is 50.6 Å². The smallest absolute Gasteiger partial charge is 0.417 e. The molecule has 1 aliphatic carbocycles. The first kappa shape index (κ1) is 23.3. The fourth-order valence-electron chi connectivity index (χ4n) is 3.75. The van der Waals surface area contributed by atoms with Crippen LogP contribution < -0.4 is 4.74 Å². The monoisotopic (exact) mass is 475 g/mol. The van der Waals surface area contributed by atoms with Gasteiger partial charge in [-0.2, -0.15) is 13.2 Å². The normalized spacial score (nSPS) is 13.8. The van der Waals surface area contributed by atoms with Gasteiger partial charge in [-0.25, -0.2) is 4.98 Å². The summed E-state index contributed by atoms with van der Waals surface area (Å²) in [6.45, 7) is 0.455. The van der Waals surface area contributed by atoms with Crippen LogP contribution >= 0.6 is 11.3 Å². The van der Waals surface area contributed by atoms with Crippen molar-refractivity contribution >= 4 is 17.3 Å². The van der Waals surface area contributed by atoms with Gasteiger partial charge in [-0.1, -0.05) is 30.3 Å². The summed E-state index contributed by atoms with van der Waals surface area (Å²) >= 11 is 1.35. The molecule has 1 saturated carbocycles. The second kappa shape index (κ2) is 9.95. The molecule has 1 heterocycles. The van der Waals surface area contributed by atoms with Gasteiger partial charge in [0.15, 0.2) is 0 Å². The van der Waals surface area contributed by atoms with Crippen LogP contribution in [0.3, 0.4) is 0 Å². The quantitative estimate of drug-likeness (QED) is 0.330. The number of hydrogen-bond acceptors (Lipinski definition) is 4. The highest BCUT2D eigenvalue weighted by atomic mass is 32.1. The minimum absolute atomic E-state index is 0.0755. The summed E-state index contributed by atoms with van der Waals surface area (Å²) in [5.74, 6) is 0.479. The molecule has 1 N–H and O–H groups in total. The lowest BCUT2D eigenvalue weighted by molar-refractivity contribution is -0.137. The SMILES string of the molecule is O=C(O)CCc1ccc(C2CC2)c(OCCCc2nc(-c3ccccc3C(F)(F)F)cs2)c1. The summed E-state index contributed by atoms with van der Waals surface area (Å²) in [6, 6.07) is 11.4. The summed E-state index contributed by atoms with van der Waals surface area (Å²) in [4.78, 5) is 15.3. The molecule has 8 heteroatoms. The number of benzene rings is 2. The van der Waals surface area contributed by atoms with Crippen LogP contribution in [-0.2, 0) is 23.8 Å². The molecular weight excluding hydrogens is 451 g/mol. The van der Waals surface area contributed by atoms with Gasteiger partial charge in [0.1, 0.15) is 5.75 Å². The van der Waals surface area contributed by atoms with Gasteiger partial charge in [0.2, 0.25) is 0 Å². The topological polar surface area (TPSA) is 59.4 Å². The lowest BCUT2D eigenvalue weighted by Crippen LogP contribution is -2.07. The number of alkyl halides is 3. The summed E-state index contributed by atoms with van der Waals surface area (Å²) in [6.07, 6.45) is -0.345. The van der Waals surface area contributed by atoms with Gasteiger partial charge in [-0.15, -0.1) is 11.3 Å². The van der Waals surface area contributed by atoms with Gasteiger partial charge in [-0.3, -0.25) is 4.79 Å². The number of halogens is 3. The molecule has 4 nitrogen and oxygen atoms in total. The zero-order chi connectivity index (χ0) is 23.4. The predicted molar refractivity (Wildman–Crippen MR) is 121 cm³/mol. The van der Waals surface area contributed by atoms with Gasteiger partial charge in [0, 0.05) is 23.8 Å². The van der Waals surface area contributed by atoms with Crippen LogP contribution in [-0.4, -0.2) is 22.7 Å². The van der Waals surface area contributed by atoms with Crippen LogP contribution in [0.1, 0.15) is 53.3 Å². The van der Waals surface area contributed by atoms with E-state index in [2.05, 4.69) is 4.98 Å². The zero-order valence-corrected chi connectivity index (χ0v) is 18.7. The number of rotatable bonds is 10. The Morgan fingerprint density at radius 3 is 2.67 bits per heavy atom. The second-order valence-electron chi connectivity index (χ2n) is 8.16. The predicted octanol–water partition coefficient (Wildman–Crippen LogP) is 6.74. The van der Waals surface area contributed by atoms with E-state index in [4.69, 9.17) is 9.84 Å².